The van der Waals surface area contributed by atoms with Gasteiger partial charge in [-0.15, -0.1) is 11.3 Å². The molecule has 9 rings (SSSR count). The molecule has 0 bridgehead atoms. The van der Waals surface area contributed by atoms with Gasteiger partial charge in [-0.3, -0.25) is 0 Å². The van der Waals surface area contributed by atoms with Crippen molar-refractivity contribution in [3.05, 3.63) is 188 Å². The molecule has 9 aromatic rings. The molecular weight excluding hydrogens is 599 g/mol. The second-order valence-electron chi connectivity index (χ2n) is 12.2. The number of thiophene rings is 1. The van der Waals surface area contributed by atoms with E-state index in [1.807, 2.05) is 11.3 Å². The number of anilines is 3. The van der Waals surface area contributed by atoms with Crippen LogP contribution in [0.1, 0.15) is 0 Å². The molecule has 48 heavy (non-hydrogen) atoms. The summed E-state index contributed by atoms with van der Waals surface area (Å²) in [5, 5.41) is 5.24. The molecule has 0 spiro atoms. The fraction of sp³-hybridized carbons (Fsp3) is 0. The Morgan fingerprint density at radius 3 is 1.50 bits per heavy atom. The summed E-state index contributed by atoms with van der Waals surface area (Å²) < 4.78 is 2.68. The van der Waals surface area contributed by atoms with Gasteiger partial charge in [0.05, 0.1) is 0 Å². The van der Waals surface area contributed by atoms with Crippen molar-refractivity contribution in [1.29, 1.82) is 0 Å². The lowest BCUT2D eigenvalue weighted by molar-refractivity contribution is 1.28. The Morgan fingerprint density at radius 2 is 0.833 bits per heavy atom. The summed E-state index contributed by atoms with van der Waals surface area (Å²) in [5.74, 6) is 0. The number of hydrogen-bond acceptors (Lipinski definition) is 2. The number of rotatable bonds is 6. The first-order chi connectivity index (χ1) is 23.8. The summed E-state index contributed by atoms with van der Waals surface area (Å²) in [7, 11) is 0. The zero-order valence-electron chi connectivity index (χ0n) is 26.3. The summed E-state index contributed by atoms with van der Waals surface area (Å²) in [6, 6.07) is 68.0. The van der Waals surface area contributed by atoms with Gasteiger partial charge in [-0.1, -0.05) is 152 Å². The Hall–Kier alpha value is -5.96. The Bertz CT molecular complexity index is 2450. The van der Waals surface area contributed by atoms with Crippen molar-refractivity contribution in [2.75, 3.05) is 4.90 Å². The van der Waals surface area contributed by atoms with Gasteiger partial charge in [-0.25, -0.2) is 0 Å². The molecule has 0 aliphatic rings. The molecule has 0 amide bonds. The van der Waals surface area contributed by atoms with E-state index in [-0.39, 0.29) is 0 Å². The normalized spacial score (nSPS) is 11.3. The maximum atomic E-state index is 2.37. The Balaban J connectivity index is 1.17. The smallest absolute Gasteiger partial charge is 0.0467 e. The van der Waals surface area contributed by atoms with Gasteiger partial charge in [-0.2, -0.15) is 0 Å². The minimum Gasteiger partial charge on any atom is -0.310 e. The van der Waals surface area contributed by atoms with Crippen molar-refractivity contribution >= 4 is 59.3 Å². The highest BCUT2D eigenvalue weighted by Crippen LogP contribution is 2.44. The first kappa shape index (κ1) is 28.3. The first-order valence-electron chi connectivity index (χ1n) is 16.3. The molecular formula is C46H31NS. The molecule has 1 aromatic heterocycles. The third kappa shape index (κ3) is 5.04. The third-order valence-electron chi connectivity index (χ3n) is 9.27. The maximum absolute atomic E-state index is 2.37. The lowest BCUT2D eigenvalue weighted by atomic mass is 10.00. The molecule has 1 heterocycles. The van der Waals surface area contributed by atoms with Gasteiger partial charge in [0.1, 0.15) is 0 Å². The number of nitrogens with zero attached hydrogens (tertiary/aromatic N) is 1. The lowest BCUT2D eigenvalue weighted by Crippen LogP contribution is -2.10. The number of fused-ring (bicyclic) bond motifs is 5. The van der Waals surface area contributed by atoms with Crippen LogP contribution in [0.15, 0.2) is 188 Å². The van der Waals surface area contributed by atoms with Gasteiger partial charge >= 0.3 is 0 Å². The van der Waals surface area contributed by atoms with E-state index in [1.54, 1.807) is 0 Å². The van der Waals surface area contributed by atoms with Crippen LogP contribution in [0.2, 0.25) is 0 Å². The third-order valence-corrected chi connectivity index (χ3v) is 10.6. The molecule has 0 unspecified atom stereocenters. The summed E-state index contributed by atoms with van der Waals surface area (Å²) in [5.41, 5.74) is 10.7. The molecule has 0 aliphatic carbocycles. The minimum absolute atomic E-state index is 1.12. The fourth-order valence-electron chi connectivity index (χ4n) is 6.88. The van der Waals surface area contributed by atoms with Crippen molar-refractivity contribution in [3.63, 3.8) is 0 Å². The summed E-state index contributed by atoms with van der Waals surface area (Å²) >= 11 is 1.91. The van der Waals surface area contributed by atoms with E-state index < -0.39 is 0 Å². The highest BCUT2D eigenvalue weighted by atomic mass is 32.1. The molecule has 0 saturated heterocycles. The van der Waals surface area contributed by atoms with E-state index in [0.717, 1.165) is 17.1 Å². The van der Waals surface area contributed by atoms with Crippen molar-refractivity contribution in [1.82, 2.24) is 0 Å². The van der Waals surface area contributed by atoms with Gasteiger partial charge in [0.15, 0.2) is 0 Å². The SMILES string of the molecule is c1ccc(-c2ccc(N(c3ccc(-c4ccccc4)cc3)c3cccc(-c4cccc5c4sc4c6ccccc6ccc54)c3)cc2)cc1. The van der Waals surface area contributed by atoms with Gasteiger partial charge in [0.2, 0.25) is 0 Å². The van der Waals surface area contributed by atoms with Gasteiger partial charge in [0, 0.05) is 37.2 Å². The monoisotopic (exact) mass is 629 g/mol. The van der Waals surface area contributed by atoms with Crippen molar-refractivity contribution in [2.45, 2.75) is 0 Å². The van der Waals surface area contributed by atoms with Crippen molar-refractivity contribution in [2.24, 2.45) is 0 Å². The molecule has 0 N–H and O–H groups in total. The van der Waals surface area contributed by atoms with Crippen LogP contribution in [0.3, 0.4) is 0 Å². The highest BCUT2D eigenvalue weighted by molar-refractivity contribution is 7.27. The largest absolute Gasteiger partial charge is 0.310 e. The van der Waals surface area contributed by atoms with E-state index in [2.05, 4.69) is 193 Å². The summed E-state index contributed by atoms with van der Waals surface area (Å²) in [4.78, 5) is 2.37. The first-order valence-corrected chi connectivity index (χ1v) is 17.2. The van der Waals surface area contributed by atoms with Crippen LogP contribution >= 0.6 is 11.3 Å². The predicted octanol–water partition coefficient (Wildman–Crippen LogP) is 13.7. The zero-order chi connectivity index (χ0) is 31.9. The van der Waals surface area contributed by atoms with Gasteiger partial charge in [0.25, 0.3) is 0 Å². The summed E-state index contributed by atoms with van der Waals surface area (Å²) in [6.07, 6.45) is 0. The number of hydrogen-bond donors (Lipinski definition) is 0. The lowest BCUT2D eigenvalue weighted by Gasteiger charge is -2.26. The molecule has 1 nitrogen and oxygen atoms in total. The van der Waals surface area contributed by atoms with Gasteiger partial charge < -0.3 is 4.90 Å². The second kappa shape index (κ2) is 12.0. The standard InChI is InChI=1S/C46H31NS/c1-3-11-32(12-4-1)34-21-26-38(27-22-34)47(39-28-23-35(24-29-39)33-13-5-2-6-14-33)40-17-9-16-37(31-40)42-19-10-20-43-44-30-25-36-15-7-8-18-41(36)45(44)48-46(42)43/h1-31H. The molecule has 226 valence electrons. The van der Waals surface area contributed by atoms with Crippen LogP contribution in [0.5, 0.6) is 0 Å². The van der Waals surface area contributed by atoms with Crippen LogP contribution in [0, 0.1) is 0 Å². The Kier molecular flexibility index (Phi) is 7.07. The molecule has 2 heteroatoms. The van der Waals surface area contributed by atoms with Crippen LogP contribution in [-0.2, 0) is 0 Å². The van der Waals surface area contributed by atoms with E-state index >= 15 is 0 Å². The average molecular weight is 630 g/mol. The van der Waals surface area contributed by atoms with Crippen LogP contribution in [-0.4, -0.2) is 0 Å². The molecule has 8 aromatic carbocycles. The fourth-order valence-corrected chi connectivity index (χ4v) is 8.25. The van der Waals surface area contributed by atoms with Crippen molar-refractivity contribution < 1.29 is 0 Å². The highest BCUT2D eigenvalue weighted by Gasteiger charge is 2.17. The van der Waals surface area contributed by atoms with E-state index in [1.165, 1.54) is 64.3 Å². The van der Waals surface area contributed by atoms with Crippen LogP contribution in [0.25, 0.3) is 64.3 Å². The van der Waals surface area contributed by atoms with E-state index in [9.17, 15) is 0 Å². The van der Waals surface area contributed by atoms with Crippen LogP contribution in [0.4, 0.5) is 17.1 Å². The number of benzene rings is 8. The maximum Gasteiger partial charge on any atom is 0.0467 e. The van der Waals surface area contributed by atoms with Crippen molar-refractivity contribution in [3.8, 4) is 33.4 Å². The minimum atomic E-state index is 1.12. The summed E-state index contributed by atoms with van der Waals surface area (Å²) in [6.45, 7) is 0. The average Bonchev–Trinajstić information content (AvgIpc) is 3.56. The molecule has 0 aliphatic heterocycles. The van der Waals surface area contributed by atoms with Crippen LogP contribution < -0.4 is 4.90 Å². The topological polar surface area (TPSA) is 3.24 Å². The molecule has 0 fully saturated rings. The van der Waals surface area contributed by atoms with E-state index in [0.29, 0.717) is 0 Å². The Labute approximate surface area is 284 Å². The predicted molar refractivity (Wildman–Crippen MR) is 208 cm³/mol. The van der Waals surface area contributed by atoms with E-state index in [4.69, 9.17) is 0 Å². The molecule has 0 atom stereocenters. The quantitative estimate of drug-likeness (QED) is 0.177. The van der Waals surface area contributed by atoms with Gasteiger partial charge in [-0.05, 0) is 80.6 Å². The molecule has 0 radical (unpaired) electrons. The Morgan fingerprint density at radius 1 is 0.312 bits per heavy atom. The molecule has 0 saturated carbocycles. The second-order valence-corrected chi connectivity index (χ2v) is 13.2. The zero-order valence-corrected chi connectivity index (χ0v) is 27.1.